The topological polar surface area (TPSA) is 26.3 Å². The van der Waals surface area contributed by atoms with Crippen molar-refractivity contribution in [2.45, 2.75) is 79.1 Å². The molecule has 0 heterocycles. The number of esters is 1. The van der Waals surface area contributed by atoms with E-state index in [4.69, 9.17) is 4.74 Å². The van der Waals surface area contributed by atoms with Crippen LogP contribution >= 0.6 is 0 Å². The van der Waals surface area contributed by atoms with Crippen LogP contribution in [-0.4, -0.2) is 12.6 Å². The van der Waals surface area contributed by atoms with Crippen LogP contribution in [-0.2, 0) is 9.53 Å². The van der Waals surface area contributed by atoms with Gasteiger partial charge in [-0.1, -0.05) is 65.9 Å². The van der Waals surface area contributed by atoms with Crippen LogP contribution in [0.1, 0.15) is 79.1 Å². The summed E-state index contributed by atoms with van der Waals surface area (Å²) in [6, 6.07) is 0. The first-order chi connectivity index (χ1) is 9.01. The minimum Gasteiger partial charge on any atom is -0.462 e. The highest BCUT2D eigenvalue weighted by molar-refractivity contribution is 5.86. The van der Waals surface area contributed by atoms with E-state index in [1.165, 1.54) is 38.5 Å². The molecule has 2 heteroatoms. The molecule has 0 N–H and O–H groups in total. The molecule has 0 aromatic rings. The largest absolute Gasteiger partial charge is 0.462 e. The Morgan fingerprint density at radius 3 is 2.00 bits per heavy atom. The van der Waals surface area contributed by atoms with Gasteiger partial charge in [0.25, 0.3) is 0 Å². The van der Waals surface area contributed by atoms with Crippen LogP contribution in [0.5, 0.6) is 0 Å². The third-order valence-corrected chi connectivity index (χ3v) is 4.43. The van der Waals surface area contributed by atoms with Crippen molar-refractivity contribution in [3.8, 4) is 0 Å². The predicted octanol–water partition coefficient (Wildman–Crippen LogP) is 5.27. The van der Waals surface area contributed by atoms with Gasteiger partial charge in [-0.05, 0) is 25.2 Å². The van der Waals surface area contributed by atoms with Crippen molar-refractivity contribution in [1.82, 2.24) is 0 Å². The van der Waals surface area contributed by atoms with E-state index in [1.54, 1.807) is 6.92 Å². The third-order valence-electron chi connectivity index (χ3n) is 4.43. The Balaban J connectivity index is 3.60. The van der Waals surface area contributed by atoms with E-state index < -0.39 is 0 Å². The predicted molar refractivity (Wildman–Crippen MR) is 82.2 cm³/mol. The summed E-state index contributed by atoms with van der Waals surface area (Å²) in [5.41, 5.74) is 1.05. The van der Waals surface area contributed by atoms with E-state index in [9.17, 15) is 4.79 Å². The maximum absolute atomic E-state index is 11.2. The van der Waals surface area contributed by atoms with E-state index in [2.05, 4.69) is 27.4 Å². The van der Waals surface area contributed by atoms with Gasteiger partial charge >= 0.3 is 5.97 Å². The zero-order valence-electron chi connectivity index (χ0n) is 13.4. The molecule has 0 aliphatic heterocycles. The second kappa shape index (κ2) is 10.1. The second-order valence-electron chi connectivity index (χ2n) is 5.64. The SMILES string of the molecule is C=C(C)C(=O)OCCCCCCC(CC)(CC)CC. The Kier molecular flexibility index (Phi) is 9.63. The highest BCUT2D eigenvalue weighted by atomic mass is 16.5. The monoisotopic (exact) mass is 268 g/mol. The van der Waals surface area contributed by atoms with Gasteiger partial charge in [0.1, 0.15) is 0 Å². The van der Waals surface area contributed by atoms with Crippen LogP contribution in [0.4, 0.5) is 0 Å². The molecule has 112 valence electrons. The van der Waals surface area contributed by atoms with Gasteiger partial charge in [-0.2, -0.15) is 0 Å². The molecular weight excluding hydrogens is 236 g/mol. The molecule has 0 fully saturated rings. The Morgan fingerprint density at radius 1 is 1.00 bits per heavy atom. The minimum atomic E-state index is -0.262. The number of carbonyl (C=O) groups excluding carboxylic acids is 1. The summed E-state index contributed by atoms with van der Waals surface area (Å²) >= 11 is 0. The van der Waals surface area contributed by atoms with Crippen molar-refractivity contribution >= 4 is 5.97 Å². The number of hydrogen-bond acceptors (Lipinski definition) is 2. The lowest BCUT2D eigenvalue weighted by atomic mass is 9.75. The van der Waals surface area contributed by atoms with Crippen molar-refractivity contribution in [3.63, 3.8) is 0 Å². The zero-order valence-corrected chi connectivity index (χ0v) is 13.4. The number of hydrogen-bond donors (Lipinski definition) is 0. The van der Waals surface area contributed by atoms with Crippen LogP contribution in [0.3, 0.4) is 0 Å². The molecule has 0 aromatic carbocycles. The fourth-order valence-corrected chi connectivity index (χ4v) is 2.52. The first kappa shape index (κ1) is 18.2. The van der Waals surface area contributed by atoms with Gasteiger partial charge in [-0.15, -0.1) is 0 Å². The summed E-state index contributed by atoms with van der Waals surface area (Å²) in [5, 5.41) is 0. The summed E-state index contributed by atoms with van der Waals surface area (Å²) in [5.74, 6) is -0.262. The summed E-state index contributed by atoms with van der Waals surface area (Å²) in [6.45, 7) is 12.7. The van der Waals surface area contributed by atoms with Gasteiger partial charge in [0.2, 0.25) is 0 Å². The van der Waals surface area contributed by atoms with Crippen LogP contribution < -0.4 is 0 Å². The number of carbonyl (C=O) groups is 1. The van der Waals surface area contributed by atoms with Crippen molar-refractivity contribution < 1.29 is 9.53 Å². The lowest BCUT2D eigenvalue weighted by Gasteiger charge is -2.30. The fourth-order valence-electron chi connectivity index (χ4n) is 2.52. The number of unbranched alkanes of at least 4 members (excludes halogenated alkanes) is 3. The Bertz CT molecular complexity index is 256. The molecule has 0 aromatic heterocycles. The molecule has 0 spiro atoms. The Labute approximate surface area is 119 Å². The normalized spacial score (nSPS) is 11.4. The molecule has 2 nitrogen and oxygen atoms in total. The molecule has 0 bridgehead atoms. The van der Waals surface area contributed by atoms with E-state index in [0.717, 1.165) is 12.8 Å². The number of rotatable bonds is 11. The molecule has 0 amide bonds. The summed E-state index contributed by atoms with van der Waals surface area (Å²) in [6.07, 6.45) is 9.86. The van der Waals surface area contributed by atoms with Gasteiger partial charge in [0.05, 0.1) is 6.61 Å². The average Bonchev–Trinajstić information content (AvgIpc) is 2.42. The Morgan fingerprint density at radius 2 is 1.53 bits per heavy atom. The quantitative estimate of drug-likeness (QED) is 0.290. The van der Waals surface area contributed by atoms with Crippen molar-refractivity contribution in [2.75, 3.05) is 6.61 Å². The summed E-state index contributed by atoms with van der Waals surface area (Å²) in [7, 11) is 0. The molecule has 0 saturated heterocycles. The van der Waals surface area contributed by atoms with E-state index >= 15 is 0 Å². The highest BCUT2D eigenvalue weighted by Gasteiger charge is 2.22. The standard InChI is InChI=1S/C17H32O2/c1-6-17(7-2,8-3)13-11-9-10-12-14-19-16(18)15(4)5/h4,6-14H2,1-3,5H3. The summed E-state index contributed by atoms with van der Waals surface area (Å²) in [4.78, 5) is 11.2. The highest BCUT2D eigenvalue weighted by Crippen LogP contribution is 2.36. The molecule has 19 heavy (non-hydrogen) atoms. The maximum atomic E-state index is 11.2. The lowest BCUT2D eigenvalue weighted by Crippen LogP contribution is -2.17. The van der Waals surface area contributed by atoms with Crippen molar-refractivity contribution in [1.29, 1.82) is 0 Å². The van der Waals surface area contributed by atoms with Crippen LogP contribution in [0.15, 0.2) is 12.2 Å². The molecular formula is C17H32O2. The Hall–Kier alpha value is -0.790. The van der Waals surface area contributed by atoms with Gasteiger partial charge in [0.15, 0.2) is 0 Å². The lowest BCUT2D eigenvalue weighted by molar-refractivity contribution is -0.139. The van der Waals surface area contributed by atoms with E-state index in [0.29, 0.717) is 17.6 Å². The molecule has 0 unspecified atom stereocenters. The first-order valence-electron chi connectivity index (χ1n) is 7.84. The molecule has 0 radical (unpaired) electrons. The molecule has 0 saturated carbocycles. The summed E-state index contributed by atoms with van der Waals surface area (Å²) < 4.78 is 5.08. The zero-order chi connectivity index (χ0) is 14.7. The number of ether oxygens (including phenoxy) is 1. The van der Waals surface area contributed by atoms with E-state index in [-0.39, 0.29) is 5.97 Å². The van der Waals surface area contributed by atoms with Gasteiger partial charge < -0.3 is 4.74 Å². The molecule has 0 atom stereocenters. The smallest absolute Gasteiger partial charge is 0.333 e. The molecule has 0 aliphatic carbocycles. The van der Waals surface area contributed by atoms with Gasteiger partial charge in [0, 0.05) is 5.57 Å². The van der Waals surface area contributed by atoms with Crippen LogP contribution in [0.2, 0.25) is 0 Å². The van der Waals surface area contributed by atoms with E-state index in [1.807, 2.05) is 0 Å². The van der Waals surface area contributed by atoms with Crippen molar-refractivity contribution in [3.05, 3.63) is 12.2 Å². The maximum Gasteiger partial charge on any atom is 0.333 e. The van der Waals surface area contributed by atoms with Crippen LogP contribution in [0, 0.1) is 5.41 Å². The molecule has 0 aliphatic rings. The van der Waals surface area contributed by atoms with Gasteiger partial charge in [-0.3, -0.25) is 0 Å². The molecule has 0 rings (SSSR count). The minimum absolute atomic E-state index is 0.262. The van der Waals surface area contributed by atoms with Gasteiger partial charge in [-0.25, -0.2) is 4.79 Å². The average molecular weight is 268 g/mol. The van der Waals surface area contributed by atoms with Crippen molar-refractivity contribution in [2.24, 2.45) is 5.41 Å². The van der Waals surface area contributed by atoms with Crippen LogP contribution in [0.25, 0.3) is 0 Å². The second-order valence-corrected chi connectivity index (χ2v) is 5.64. The third kappa shape index (κ3) is 7.39. The first-order valence-corrected chi connectivity index (χ1v) is 7.84. The fraction of sp³-hybridized carbons (Fsp3) is 0.824.